The van der Waals surface area contributed by atoms with Gasteiger partial charge in [0.1, 0.15) is 11.3 Å². The summed E-state index contributed by atoms with van der Waals surface area (Å²) in [5, 5.41) is 2.72. The maximum Gasteiger partial charge on any atom is 0.231 e. The van der Waals surface area contributed by atoms with E-state index in [2.05, 4.69) is 10.3 Å². The zero-order chi connectivity index (χ0) is 14.8. The van der Waals surface area contributed by atoms with Crippen molar-refractivity contribution in [3.8, 4) is 17.2 Å². The lowest BCUT2D eigenvalue weighted by atomic mass is 10.2. The van der Waals surface area contributed by atoms with Crippen LogP contribution in [0.25, 0.3) is 22.6 Å². The molecular weight excluding hydrogens is 268 g/mol. The van der Waals surface area contributed by atoms with Gasteiger partial charge in [0.25, 0.3) is 0 Å². The molecule has 5 nitrogen and oxygen atoms in total. The van der Waals surface area contributed by atoms with E-state index in [0.29, 0.717) is 22.9 Å². The highest BCUT2D eigenvalue weighted by molar-refractivity contribution is 5.91. The monoisotopic (exact) mass is 282 g/mol. The number of rotatable bonds is 3. The molecule has 2 aromatic carbocycles. The van der Waals surface area contributed by atoms with Crippen molar-refractivity contribution in [2.75, 3.05) is 12.4 Å². The van der Waals surface area contributed by atoms with Crippen molar-refractivity contribution in [1.29, 1.82) is 0 Å². The SMILES string of the molecule is COc1ccccc1-c1nc2ccc(NC(C)=O)cc2o1. The number of aromatic nitrogens is 1. The van der Waals surface area contributed by atoms with E-state index in [1.807, 2.05) is 30.3 Å². The third-order valence-electron chi connectivity index (χ3n) is 3.05. The van der Waals surface area contributed by atoms with Gasteiger partial charge in [-0.3, -0.25) is 4.79 Å². The van der Waals surface area contributed by atoms with Gasteiger partial charge >= 0.3 is 0 Å². The number of ether oxygens (including phenoxy) is 1. The van der Waals surface area contributed by atoms with Crippen molar-refractivity contribution >= 4 is 22.7 Å². The zero-order valence-corrected chi connectivity index (χ0v) is 11.7. The number of para-hydroxylation sites is 1. The molecule has 0 radical (unpaired) electrons. The third-order valence-corrected chi connectivity index (χ3v) is 3.05. The first-order valence-electron chi connectivity index (χ1n) is 6.49. The standard InChI is InChI=1S/C16H14N2O3/c1-10(19)17-11-7-8-13-15(9-11)21-16(18-13)12-5-3-4-6-14(12)20-2/h3-9H,1-2H3,(H,17,19). The summed E-state index contributed by atoms with van der Waals surface area (Å²) in [6, 6.07) is 12.9. The summed E-state index contributed by atoms with van der Waals surface area (Å²) in [5.41, 5.74) is 2.81. The first-order valence-corrected chi connectivity index (χ1v) is 6.49. The van der Waals surface area contributed by atoms with Crippen LogP contribution < -0.4 is 10.1 Å². The van der Waals surface area contributed by atoms with E-state index in [4.69, 9.17) is 9.15 Å². The maximum absolute atomic E-state index is 11.1. The van der Waals surface area contributed by atoms with Crippen LogP contribution in [0.3, 0.4) is 0 Å². The Balaban J connectivity index is 2.06. The minimum Gasteiger partial charge on any atom is -0.496 e. The van der Waals surface area contributed by atoms with Gasteiger partial charge in [0.05, 0.1) is 12.7 Å². The van der Waals surface area contributed by atoms with Gasteiger partial charge in [0, 0.05) is 18.7 Å². The van der Waals surface area contributed by atoms with Gasteiger partial charge in [0.15, 0.2) is 5.58 Å². The lowest BCUT2D eigenvalue weighted by Crippen LogP contribution is -2.05. The minimum atomic E-state index is -0.126. The summed E-state index contributed by atoms with van der Waals surface area (Å²) in [7, 11) is 1.61. The smallest absolute Gasteiger partial charge is 0.231 e. The van der Waals surface area contributed by atoms with Crippen LogP contribution in [-0.4, -0.2) is 18.0 Å². The summed E-state index contributed by atoms with van der Waals surface area (Å²) in [6.07, 6.45) is 0. The maximum atomic E-state index is 11.1. The molecule has 0 saturated carbocycles. The second-order valence-corrected chi connectivity index (χ2v) is 4.58. The van der Waals surface area contributed by atoms with Gasteiger partial charge in [-0.05, 0) is 24.3 Å². The molecule has 21 heavy (non-hydrogen) atoms. The van der Waals surface area contributed by atoms with Crippen LogP contribution >= 0.6 is 0 Å². The number of nitrogens with one attached hydrogen (secondary N) is 1. The van der Waals surface area contributed by atoms with Crippen LogP contribution in [0.4, 0.5) is 5.69 Å². The number of amides is 1. The normalized spacial score (nSPS) is 10.6. The van der Waals surface area contributed by atoms with E-state index >= 15 is 0 Å². The van der Waals surface area contributed by atoms with E-state index in [1.165, 1.54) is 6.92 Å². The molecule has 1 heterocycles. The molecule has 0 aliphatic rings. The largest absolute Gasteiger partial charge is 0.496 e. The first kappa shape index (κ1) is 13.2. The van der Waals surface area contributed by atoms with Gasteiger partial charge in [0.2, 0.25) is 11.8 Å². The number of hydrogen-bond acceptors (Lipinski definition) is 4. The van der Waals surface area contributed by atoms with Gasteiger partial charge in [-0.1, -0.05) is 12.1 Å². The molecule has 3 rings (SSSR count). The number of fused-ring (bicyclic) bond motifs is 1. The quantitative estimate of drug-likeness (QED) is 0.799. The fourth-order valence-corrected chi connectivity index (χ4v) is 2.14. The number of oxazole rings is 1. The van der Waals surface area contributed by atoms with Crippen LogP contribution in [-0.2, 0) is 4.79 Å². The van der Waals surface area contributed by atoms with Crippen molar-refractivity contribution in [3.63, 3.8) is 0 Å². The molecule has 1 aromatic heterocycles. The predicted octanol–water partition coefficient (Wildman–Crippen LogP) is 3.46. The molecule has 0 atom stereocenters. The Hall–Kier alpha value is -2.82. The fraction of sp³-hybridized carbons (Fsp3) is 0.125. The lowest BCUT2D eigenvalue weighted by Gasteiger charge is -2.03. The number of hydrogen-bond donors (Lipinski definition) is 1. The van der Waals surface area contributed by atoms with Gasteiger partial charge in [-0.25, -0.2) is 4.98 Å². The van der Waals surface area contributed by atoms with Crippen molar-refractivity contribution < 1.29 is 13.9 Å². The van der Waals surface area contributed by atoms with Crippen molar-refractivity contribution in [3.05, 3.63) is 42.5 Å². The molecule has 3 aromatic rings. The second kappa shape index (κ2) is 5.28. The van der Waals surface area contributed by atoms with Crippen molar-refractivity contribution in [2.45, 2.75) is 6.92 Å². The number of carbonyl (C=O) groups is 1. The molecule has 0 saturated heterocycles. The number of methoxy groups -OCH3 is 1. The molecule has 0 aliphatic carbocycles. The zero-order valence-electron chi connectivity index (χ0n) is 11.7. The number of benzene rings is 2. The molecule has 1 amide bonds. The minimum absolute atomic E-state index is 0.126. The Kier molecular flexibility index (Phi) is 3.31. The van der Waals surface area contributed by atoms with Gasteiger partial charge < -0.3 is 14.5 Å². The average Bonchev–Trinajstić information content (AvgIpc) is 2.89. The molecule has 0 bridgehead atoms. The van der Waals surface area contributed by atoms with Crippen LogP contribution in [0.15, 0.2) is 46.9 Å². The molecule has 106 valence electrons. The Morgan fingerprint density at radius 3 is 2.81 bits per heavy atom. The Labute approximate surface area is 121 Å². The van der Waals surface area contributed by atoms with Crippen molar-refractivity contribution in [2.24, 2.45) is 0 Å². The number of anilines is 1. The molecule has 0 fully saturated rings. The van der Waals surface area contributed by atoms with Gasteiger partial charge in [-0.2, -0.15) is 0 Å². The van der Waals surface area contributed by atoms with E-state index in [0.717, 1.165) is 11.1 Å². The molecule has 0 unspecified atom stereocenters. The predicted molar refractivity (Wildman–Crippen MR) is 80.3 cm³/mol. The topological polar surface area (TPSA) is 64.4 Å². The Morgan fingerprint density at radius 2 is 2.05 bits per heavy atom. The summed E-state index contributed by atoms with van der Waals surface area (Å²) in [5.74, 6) is 1.06. The van der Waals surface area contributed by atoms with E-state index in [9.17, 15) is 4.79 Å². The Morgan fingerprint density at radius 1 is 1.24 bits per heavy atom. The third kappa shape index (κ3) is 2.58. The summed E-state index contributed by atoms with van der Waals surface area (Å²) in [4.78, 5) is 15.5. The Bertz CT molecular complexity index is 808. The average molecular weight is 282 g/mol. The summed E-state index contributed by atoms with van der Waals surface area (Å²) >= 11 is 0. The summed E-state index contributed by atoms with van der Waals surface area (Å²) < 4.78 is 11.1. The van der Waals surface area contributed by atoms with Crippen LogP contribution in [0.2, 0.25) is 0 Å². The highest BCUT2D eigenvalue weighted by Crippen LogP contribution is 2.32. The number of nitrogens with zero attached hydrogens (tertiary/aromatic N) is 1. The van der Waals surface area contributed by atoms with Crippen LogP contribution in [0.5, 0.6) is 5.75 Å². The van der Waals surface area contributed by atoms with Crippen LogP contribution in [0.1, 0.15) is 6.92 Å². The van der Waals surface area contributed by atoms with Crippen LogP contribution in [0, 0.1) is 0 Å². The van der Waals surface area contributed by atoms with E-state index in [-0.39, 0.29) is 5.91 Å². The van der Waals surface area contributed by atoms with Gasteiger partial charge in [-0.15, -0.1) is 0 Å². The molecule has 0 spiro atoms. The molecule has 5 heteroatoms. The molecule has 0 aliphatic heterocycles. The fourth-order valence-electron chi connectivity index (χ4n) is 2.14. The highest BCUT2D eigenvalue weighted by Gasteiger charge is 2.13. The molecular formula is C16H14N2O3. The van der Waals surface area contributed by atoms with Crippen molar-refractivity contribution in [1.82, 2.24) is 4.98 Å². The highest BCUT2D eigenvalue weighted by atomic mass is 16.5. The molecule has 1 N–H and O–H groups in total. The van der Waals surface area contributed by atoms with E-state index in [1.54, 1.807) is 19.2 Å². The number of carbonyl (C=O) groups excluding carboxylic acids is 1. The second-order valence-electron chi connectivity index (χ2n) is 4.58. The summed E-state index contributed by atoms with van der Waals surface area (Å²) in [6.45, 7) is 1.46. The van der Waals surface area contributed by atoms with E-state index < -0.39 is 0 Å². The lowest BCUT2D eigenvalue weighted by molar-refractivity contribution is -0.114. The first-order chi connectivity index (χ1) is 10.2.